The Morgan fingerprint density at radius 2 is 1.89 bits per heavy atom. The van der Waals surface area contributed by atoms with Crippen molar-refractivity contribution in [2.24, 2.45) is 0 Å². The molecule has 0 heterocycles. The summed E-state index contributed by atoms with van der Waals surface area (Å²) in [6, 6.07) is 4.13. The first-order valence-electron chi connectivity index (χ1n) is 5.75. The van der Waals surface area contributed by atoms with Crippen LogP contribution >= 0.6 is 11.6 Å². The number of hydrogen-bond donors (Lipinski definition) is 4. The number of fused-ring (bicyclic) bond motifs is 1. The second-order valence-electron chi connectivity index (χ2n) is 4.33. The van der Waals surface area contributed by atoms with E-state index < -0.39 is 24.3 Å². The van der Waals surface area contributed by atoms with E-state index in [4.69, 9.17) is 21.8 Å². The Bertz CT molecular complexity index is 520. The number of carboxylic acid groups (broad SMARTS) is 2. The zero-order valence-corrected chi connectivity index (χ0v) is 10.6. The molecule has 1 aromatic carbocycles. The second kappa shape index (κ2) is 5.36. The van der Waals surface area contributed by atoms with Gasteiger partial charge in [0.1, 0.15) is 0 Å². The molecule has 0 saturated carbocycles. The average molecular weight is 285 g/mol. The summed E-state index contributed by atoms with van der Waals surface area (Å²) in [4.78, 5) is 21.7. The van der Waals surface area contributed by atoms with Crippen molar-refractivity contribution in [3.8, 4) is 0 Å². The Morgan fingerprint density at radius 3 is 2.53 bits per heavy atom. The van der Waals surface area contributed by atoms with Crippen LogP contribution in [0, 0.1) is 0 Å². The van der Waals surface area contributed by atoms with Gasteiger partial charge in [0.2, 0.25) is 0 Å². The summed E-state index contributed by atoms with van der Waals surface area (Å²) in [6.45, 7) is 0. The summed E-state index contributed by atoms with van der Waals surface area (Å²) >= 11 is 6.11. The van der Waals surface area contributed by atoms with Crippen LogP contribution in [0.15, 0.2) is 18.2 Å². The Hall–Kier alpha value is -1.95. The highest BCUT2D eigenvalue weighted by molar-refractivity contribution is 6.31. The molecule has 0 radical (unpaired) electrons. The fourth-order valence-electron chi connectivity index (χ4n) is 2.45. The minimum Gasteiger partial charge on any atom is -0.465 e. The predicted molar refractivity (Wildman–Crippen MR) is 68.6 cm³/mol. The minimum atomic E-state index is -1.21. The van der Waals surface area contributed by atoms with E-state index in [1.54, 1.807) is 12.1 Å². The van der Waals surface area contributed by atoms with Gasteiger partial charge in [0.25, 0.3) is 0 Å². The van der Waals surface area contributed by atoms with Crippen molar-refractivity contribution >= 4 is 23.8 Å². The molecule has 7 heteroatoms. The van der Waals surface area contributed by atoms with Crippen LogP contribution in [0.5, 0.6) is 0 Å². The monoisotopic (exact) mass is 284 g/mol. The van der Waals surface area contributed by atoms with Crippen LogP contribution in [-0.4, -0.2) is 28.4 Å². The lowest BCUT2D eigenvalue weighted by Gasteiger charge is -2.33. The molecule has 2 rings (SSSR count). The second-order valence-corrected chi connectivity index (χ2v) is 4.74. The van der Waals surface area contributed by atoms with Crippen LogP contribution < -0.4 is 10.6 Å². The number of nitrogens with one attached hydrogen (secondary N) is 2. The van der Waals surface area contributed by atoms with E-state index >= 15 is 0 Å². The van der Waals surface area contributed by atoms with Gasteiger partial charge in [-0.3, -0.25) is 0 Å². The molecule has 2 amide bonds. The number of carbonyl (C=O) groups is 2. The standard InChI is InChI=1S/C12H13ClN2O4/c13-7-3-1-2-6-4-5-8(14-11(16)17)10(9(6)7)15-12(18)19/h1-3,8,10,14-15H,4-5H2,(H,16,17)(H,18,19)/t8-,10-/m1/s1. The Morgan fingerprint density at radius 1 is 1.21 bits per heavy atom. The van der Waals surface area contributed by atoms with Crippen molar-refractivity contribution in [2.75, 3.05) is 0 Å². The predicted octanol–water partition coefficient (Wildman–Crippen LogP) is 2.23. The van der Waals surface area contributed by atoms with Crippen LogP contribution in [0.1, 0.15) is 23.6 Å². The molecule has 0 spiro atoms. The number of benzene rings is 1. The Kier molecular flexibility index (Phi) is 3.80. The van der Waals surface area contributed by atoms with Crippen molar-refractivity contribution in [1.29, 1.82) is 0 Å². The summed E-state index contributed by atoms with van der Waals surface area (Å²) in [5.74, 6) is 0. The lowest BCUT2D eigenvalue weighted by Crippen LogP contribution is -2.48. The first kappa shape index (κ1) is 13.5. The first-order valence-corrected chi connectivity index (χ1v) is 6.13. The highest BCUT2D eigenvalue weighted by Gasteiger charge is 2.33. The highest BCUT2D eigenvalue weighted by atomic mass is 35.5. The molecular weight excluding hydrogens is 272 g/mol. The molecule has 6 nitrogen and oxygen atoms in total. The molecule has 0 saturated heterocycles. The Labute approximate surface area is 114 Å². The molecule has 0 aromatic heterocycles. The van der Waals surface area contributed by atoms with E-state index in [0.717, 1.165) is 5.56 Å². The largest absolute Gasteiger partial charge is 0.465 e. The molecule has 4 N–H and O–H groups in total. The average Bonchev–Trinajstić information content (AvgIpc) is 2.31. The SMILES string of the molecule is O=C(O)N[C@@H]1CCc2cccc(Cl)c2[C@@H]1NC(=O)O. The van der Waals surface area contributed by atoms with Gasteiger partial charge in [-0.2, -0.15) is 0 Å². The zero-order valence-electron chi connectivity index (χ0n) is 9.89. The van der Waals surface area contributed by atoms with Gasteiger partial charge in [-0.05, 0) is 30.0 Å². The van der Waals surface area contributed by atoms with Crippen LogP contribution in [0.2, 0.25) is 5.02 Å². The summed E-state index contributed by atoms with van der Waals surface area (Å²) in [5.41, 5.74) is 1.59. The lowest BCUT2D eigenvalue weighted by atomic mass is 9.84. The molecule has 0 unspecified atom stereocenters. The smallest absolute Gasteiger partial charge is 0.405 e. The van der Waals surface area contributed by atoms with Gasteiger partial charge < -0.3 is 20.8 Å². The fraction of sp³-hybridized carbons (Fsp3) is 0.333. The van der Waals surface area contributed by atoms with Gasteiger partial charge in [0.15, 0.2) is 0 Å². The molecule has 1 aliphatic carbocycles. The third-order valence-corrected chi connectivity index (χ3v) is 3.50. The van der Waals surface area contributed by atoms with Crippen LogP contribution in [0.3, 0.4) is 0 Å². The van der Waals surface area contributed by atoms with Crippen LogP contribution in [-0.2, 0) is 6.42 Å². The maximum atomic E-state index is 10.9. The number of hydrogen-bond acceptors (Lipinski definition) is 2. The minimum absolute atomic E-state index is 0.438. The van der Waals surface area contributed by atoms with Gasteiger partial charge in [-0.15, -0.1) is 0 Å². The zero-order chi connectivity index (χ0) is 14.0. The van der Waals surface area contributed by atoms with Crippen molar-refractivity contribution < 1.29 is 19.8 Å². The molecular formula is C12H13ClN2O4. The van der Waals surface area contributed by atoms with Gasteiger partial charge in [0, 0.05) is 5.02 Å². The van der Waals surface area contributed by atoms with E-state index in [0.29, 0.717) is 23.4 Å². The summed E-state index contributed by atoms with van der Waals surface area (Å²) < 4.78 is 0. The number of amides is 2. The molecule has 102 valence electrons. The van der Waals surface area contributed by atoms with Gasteiger partial charge in [-0.25, -0.2) is 9.59 Å². The summed E-state index contributed by atoms with van der Waals surface area (Å²) in [7, 11) is 0. The van der Waals surface area contributed by atoms with E-state index in [-0.39, 0.29) is 0 Å². The van der Waals surface area contributed by atoms with Gasteiger partial charge in [0.05, 0.1) is 12.1 Å². The molecule has 1 aliphatic rings. The summed E-state index contributed by atoms with van der Waals surface area (Å²) in [5, 5.41) is 22.8. The van der Waals surface area contributed by atoms with Crippen LogP contribution in [0.4, 0.5) is 9.59 Å². The third-order valence-electron chi connectivity index (χ3n) is 3.17. The van der Waals surface area contributed by atoms with Crippen molar-refractivity contribution in [1.82, 2.24) is 10.6 Å². The molecule has 0 fully saturated rings. The fourth-order valence-corrected chi connectivity index (χ4v) is 2.76. The molecule has 19 heavy (non-hydrogen) atoms. The van der Waals surface area contributed by atoms with Gasteiger partial charge >= 0.3 is 12.2 Å². The summed E-state index contributed by atoms with van der Waals surface area (Å²) in [6.07, 6.45) is -1.23. The van der Waals surface area contributed by atoms with Crippen molar-refractivity contribution in [3.05, 3.63) is 34.3 Å². The lowest BCUT2D eigenvalue weighted by molar-refractivity contribution is 0.172. The van der Waals surface area contributed by atoms with E-state index in [2.05, 4.69) is 10.6 Å². The maximum absolute atomic E-state index is 10.9. The Balaban J connectivity index is 2.39. The van der Waals surface area contributed by atoms with Crippen molar-refractivity contribution in [2.45, 2.75) is 24.9 Å². The van der Waals surface area contributed by atoms with E-state index in [1.807, 2.05) is 6.07 Å². The quantitative estimate of drug-likeness (QED) is 0.669. The highest BCUT2D eigenvalue weighted by Crippen LogP contribution is 2.35. The molecule has 2 atom stereocenters. The maximum Gasteiger partial charge on any atom is 0.405 e. The van der Waals surface area contributed by atoms with E-state index in [1.165, 1.54) is 0 Å². The normalized spacial score (nSPS) is 21.3. The third kappa shape index (κ3) is 2.90. The van der Waals surface area contributed by atoms with Gasteiger partial charge in [-0.1, -0.05) is 23.7 Å². The number of halogens is 1. The van der Waals surface area contributed by atoms with Crippen molar-refractivity contribution in [3.63, 3.8) is 0 Å². The number of aryl methyl sites for hydroxylation is 1. The topological polar surface area (TPSA) is 98.7 Å². The molecule has 1 aromatic rings. The van der Waals surface area contributed by atoms with Crippen LogP contribution in [0.25, 0.3) is 0 Å². The number of rotatable bonds is 2. The molecule has 0 bridgehead atoms. The first-order chi connectivity index (χ1) is 8.99. The van der Waals surface area contributed by atoms with E-state index in [9.17, 15) is 9.59 Å². The molecule has 0 aliphatic heterocycles.